The monoisotopic (exact) mass is 167 g/mol. The first kappa shape index (κ1) is 6.36. The summed E-state index contributed by atoms with van der Waals surface area (Å²) in [6, 6.07) is 3.34. The number of anilines is 1. The number of fused-ring (bicyclic) bond motifs is 1. The third-order valence-electron chi connectivity index (χ3n) is 1.43. The lowest BCUT2D eigenvalue weighted by molar-refractivity contribution is 0.483. The van der Waals surface area contributed by atoms with Crippen molar-refractivity contribution in [1.82, 2.24) is 8.75 Å². The van der Waals surface area contributed by atoms with Crippen molar-refractivity contribution in [2.24, 2.45) is 0 Å². The van der Waals surface area contributed by atoms with Gasteiger partial charge in [0.05, 0.1) is 17.4 Å². The van der Waals surface area contributed by atoms with Gasteiger partial charge in [-0.25, -0.2) is 0 Å². The Labute approximate surface area is 66.6 Å². The summed E-state index contributed by atoms with van der Waals surface area (Å²) in [6.45, 7) is 0. The van der Waals surface area contributed by atoms with Crippen LogP contribution in [0.5, 0.6) is 5.75 Å². The molecule has 5 heteroatoms. The molecule has 0 radical (unpaired) electrons. The molecule has 0 saturated carbocycles. The zero-order chi connectivity index (χ0) is 7.84. The first-order valence-electron chi connectivity index (χ1n) is 2.99. The predicted molar refractivity (Wildman–Crippen MR) is 43.5 cm³/mol. The summed E-state index contributed by atoms with van der Waals surface area (Å²) in [5, 5.41) is 9.33. The number of hydrogen-bond donors (Lipinski definition) is 2. The van der Waals surface area contributed by atoms with Crippen molar-refractivity contribution in [3.8, 4) is 5.75 Å². The SMILES string of the molecule is Nc1ccc2nsnc2c1O. The number of benzene rings is 1. The molecule has 1 aromatic carbocycles. The molecule has 0 atom stereocenters. The van der Waals surface area contributed by atoms with Gasteiger partial charge in [0, 0.05) is 0 Å². The molecule has 0 aliphatic rings. The highest BCUT2D eigenvalue weighted by Gasteiger charge is 2.05. The summed E-state index contributed by atoms with van der Waals surface area (Å²) in [5.41, 5.74) is 6.93. The summed E-state index contributed by atoms with van der Waals surface area (Å²) in [7, 11) is 0. The molecule has 3 N–H and O–H groups in total. The Balaban J connectivity index is 2.93. The van der Waals surface area contributed by atoms with Crippen LogP contribution in [0.4, 0.5) is 5.69 Å². The number of aromatic hydroxyl groups is 1. The van der Waals surface area contributed by atoms with Gasteiger partial charge in [0.2, 0.25) is 0 Å². The Kier molecular flexibility index (Phi) is 1.19. The van der Waals surface area contributed by atoms with Crippen molar-refractivity contribution in [2.75, 3.05) is 5.73 Å². The van der Waals surface area contributed by atoms with Crippen molar-refractivity contribution in [1.29, 1.82) is 0 Å². The number of phenols is 1. The molecule has 0 unspecified atom stereocenters. The average molecular weight is 167 g/mol. The molecule has 2 rings (SSSR count). The third-order valence-corrected chi connectivity index (χ3v) is 1.97. The molecule has 1 aromatic heterocycles. The standard InChI is InChI=1S/C6H5N3OS/c7-3-1-2-4-5(6(3)10)9-11-8-4/h1-2,10H,7H2. The number of hydrogen-bond acceptors (Lipinski definition) is 5. The van der Waals surface area contributed by atoms with Crippen molar-refractivity contribution < 1.29 is 5.11 Å². The molecule has 0 fully saturated rings. The number of nitrogens with two attached hydrogens (primary N) is 1. The molecule has 2 aromatic rings. The Bertz CT molecular complexity index is 398. The second-order valence-corrected chi connectivity index (χ2v) is 2.66. The van der Waals surface area contributed by atoms with Crippen LogP contribution in [-0.4, -0.2) is 13.9 Å². The van der Waals surface area contributed by atoms with E-state index in [-0.39, 0.29) is 5.75 Å². The largest absolute Gasteiger partial charge is 0.504 e. The van der Waals surface area contributed by atoms with Crippen LogP contribution in [0.25, 0.3) is 11.0 Å². The van der Waals surface area contributed by atoms with Crippen LogP contribution in [0.3, 0.4) is 0 Å². The Hall–Kier alpha value is -1.36. The number of phenolic OH excluding ortho intramolecular Hbond substituents is 1. The highest BCUT2D eigenvalue weighted by Crippen LogP contribution is 2.28. The van der Waals surface area contributed by atoms with Crippen molar-refractivity contribution in [3.63, 3.8) is 0 Å². The van der Waals surface area contributed by atoms with Crippen molar-refractivity contribution in [2.45, 2.75) is 0 Å². The van der Waals surface area contributed by atoms with Crippen LogP contribution >= 0.6 is 11.7 Å². The number of nitrogen functional groups attached to an aromatic ring is 1. The lowest BCUT2D eigenvalue weighted by atomic mass is 10.2. The first-order chi connectivity index (χ1) is 5.29. The van der Waals surface area contributed by atoms with Gasteiger partial charge in [-0.15, -0.1) is 0 Å². The molecule has 11 heavy (non-hydrogen) atoms. The molecule has 1 heterocycles. The van der Waals surface area contributed by atoms with Crippen LogP contribution < -0.4 is 5.73 Å². The van der Waals surface area contributed by atoms with Gasteiger partial charge in [-0.2, -0.15) is 8.75 Å². The Morgan fingerprint density at radius 3 is 3.00 bits per heavy atom. The molecule has 0 aliphatic heterocycles. The quantitative estimate of drug-likeness (QED) is 0.453. The molecular formula is C6H5N3OS. The molecule has 0 spiro atoms. The van der Waals surface area contributed by atoms with Gasteiger partial charge in [0.1, 0.15) is 11.0 Å². The van der Waals surface area contributed by atoms with Crippen LogP contribution in [0, 0.1) is 0 Å². The van der Waals surface area contributed by atoms with Crippen molar-refractivity contribution >= 4 is 28.4 Å². The van der Waals surface area contributed by atoms with E-state index in [4.69, 9.17) is 5.73 Å². The Morgan fingerprint density at radius 2 is 2.18 bits per heavy atom. The van der Waals surface area contributed by atoms with E-state index < -0.39 is 0 Å². The highest BCUT2D eigenvalue weighted by atomic mass is 32.1. The van der Waals surface area contributed by atoms with Crippen LogP contribution in [-0.2, 0) is 0 Å². The third kappa shape index (κ3) is 0.813. The minimum absolute atomic E-state index is 0.0243. The van der Waals surface area contributed by atoms with E-state index in [1.54, 1.807) is 12.1 Å². The van der Waals surface area contributed by atoms with E-state index in [0.717, 1.165) is 11.7 Å². The molecule has 0 bridgehead atoms. The maximum atomic E-state index is 9.33. The predicted octanol–water partition coefficient (Wildman–Crippen LogP) is 0.979. The molecule has 0 aliphatic carbocycles. The lowest BCUT2D eigenvalue weighted by Crippen LogP contribution is -1.85. The van der Waals surface area contributed by atoms with E-state index >= 15 is 0 Å². The Morgan fingerprint density at radius 1 is 1.36 bits per heavy atom. The minimum Gasteiger partial charge on any atom is -0.504 e. The van der Waals surface area contributed by atoms with Crippen LogP contribution in [0.2, 0.25) is 0 Å². The van der Waals surface area contributed by atoms with E-state index in [2.05, 4.69) is 8.75 Å². The first-order valence-corrected chi connectivity index (χ1v) is 3.72. The minimum atomic E-state index is 0.0243. The van der Waals surface area contributed by atoms with Gasteiger partial charge in [-0.1, -0.05) is 0 Å². The lowest BCUT2D eigenvalue weighted by Gasteiger charge is -1.95. The summed E-state index contributed by atoms with van der Waals surface area (Å²) in [5.74, 6) is 0.0243. The van der Waals surface area contributed by atoms with Gasteiger partial charge in [-0.3, -0.25) is 0 Å². The maximum Gasteiger partial charge on any atom is 0.167 e. The number of aromatic nitrogens is 2. The van der Waals surface area contributed by atoms with Crippen LogP contribution in [0.1, 0.15) is 0 Å². The normalized spacial score (nSPS) is 10.5. The van der Waals surface area contributed by atoms with Gasteiger partial charge in [0.15, 0.2) is 5.75 Å². The fourth-order valence-electron chi connectivity index (χ4n) is 0.853. The summed E-state index contributed by atoms with van der Waals surface area (Å²) >= 11 is 1.06. The summed E-state index contributed by atoms with van der Waals surface area (Å²) in [6.07, 6.45) is 0. The second kappa shape index (κ2) is 2.06. The van der Waals surface area contributed by atoms with E-state index in [1.807, 2.05) is 0 Å². The fourth-order valence-corrected chi connectivity index (χ4v) is 1.39. The van der Waals surface area contributed by atoms with Gasteiger partial charge < -0.3 is 10.8 Å². The summed E-state index contributed by atoms with van der Waals surface area (Å²) < 4.78 is 7.82. The zero-order valence-corrected chi connectivity index (χ0v) is 6.30. The molecular weight excluding hydrogens is 162 g/mol. The molecule has 4 nitrogen and oxygen atoms in total. The highest BCUT2D eigenvalue weighted by molar-refractivity contribution is 7.00. The van der Waals surface area contributed by atoms with E-state index in [1.165, 1.54) is 0 Å². The second-order valence-electron chi connectivity index (χ2n) is 2.14. The summed E-state index contributed by atoms with van der Waals surface area (Å²) in [4.78, 5) is 0. The topological polar surface area (TPSA) is 72.0 Å². The van der Waals surface area contributed by atoms with Gasteiger partial charge in [-0.05, 0) is 12.1 Å². The van der Waals surface area contributed by atoms with Gasteiger partial charge in [0.25, 0.3) is 0 Å². The van der Waals surface area contributed by atoms with Gasteiger partial charge >= 0.3 is 0 Å². The van der Waals surface area contributed by atoms with Crippen LogP contribution in [0.15, 0.2) is 12.1 Å². The zero-order valence-electron chi connectivity index (χ0n) is 5.48. The van der Waals surface area contributed by atoms with E-state index in [9.17, 15) is 5.11 Å². The molecule has 0 saturated heterocycles. The average Bonchev–Trinajstić information content (AvgIpc) is 2.45. The van der Waals surface area contributed by atoms with E-state index in [0.29, 0.717) is 16.7 Å². The maximum absolute atomic E-state index is 9.33. The molecule has 56 valence electrons. The number of nitrogens with zero attached hydrogens (tertiary/aromatic N) is 2. The smallest absolute Gasteiger partial charge is 0.167 e. The van der Waals surface area contributed by atoms with Crippen molar-refractivity contribution in [3.05, 3.63) is 12.1 Å². The number of rotatable bonds is 0. The fraction of sp³-hybridized carbons (Fsp3) is 0. The molecule has 0 amide bonds.